The van der Waals surface area contributed by atoms with E-state index in [0.29, 0.717) is 6.54 Å². The van der Waals surface area contributed by atoms with E-state index in [1.165, 1.54) is 10.4 Å². The molecule has 3 heterocycles. The summed E-state index contributed by atoms with van der Waals surface area (Å²) in [5.41, 5.74) is 3.85. The van der Waals surface area contributed by atoms with Crippen LogP contribution in [-0.4, -0.2) is 28.5 Å². The molecule has 0 spiro atoms. The van der Waals surface area contributed by atoms with Crippen molar-refractivity contribution >= 4 is 40.8 Å². The molecule has 1 amide bonds. The summed E-state index contributed by atoms with van der Waals surface area (Å²) >= 11 is 5.41. The van der Waals surface area contributed by atoms with Crippen LogP contribution >= 0.6 is 34.9 Å². The largest absolute Gasteiger partial charge is 0.351 e. The molecule has 1 aliphatic rings. The molecule has 4 rings (SSSR count). The number of carbonyl (C=O) groups excluding carboxylic acids is 1. The summed E-state index contributed by atoms with van der Waals surface area (Å²) in [6.07, 6.45) is 4.97. The maximum atomic E-state index is 13.1. The molecule has 1 aliphatic heterocycles. The first-order valence-electron chi connectivity index (χ1n) is 9.47. The van der Waals surface area contributed by atoms with Gasteiger partial charge in [0.25, 0.3) is 5.91 Å². The third kappa shape index (κ3) is 4.55. The Bertz CT molecular complexity index is 1030. The van der Waals surface area contributed by atoms with Gasteiger partial charge in [-0.2, -0.15) is 28.8 Å². The smallest absolute Gasteiger partial charge is 0.254 e. The first-order valence-corrected chi connectivity index (χ1v) is 12.6. The van der Waals surface area contributed by atoms with Crippen molar-refractivity contribution in [3.8, 4) is 11.1 Å². The number of rotatable bonds is 7. The van der Waals surface area contributed by atoms with Crippen LogP contribution in [0, 0.1) is 11.3 Å². The maximum Gasteiger partial charge on any atom is 0.254 e. The lowest BCUT2D eigenvalue weighted by molar-refractivity contribution is 0.0955. The third-order valence-electron chi connectivity index (χ3n) is 4.80. The number of hydrogen-bond donors (Lipinski definition) is 1. The van der Waals surface area contributed by atoms with Gasteiger partial charge in [0, 0.05) is 41.1 Å². The van der Waals surface area contributed by atoms with Crippen molar-refractivity contribution in [1.82, 2.24) is 9.88 Å². The number of hydrogen-bond acceptors (Lipinski definition) is 5. The predicted molar refractivity (Wildman–Crippen MR) is 123 cm³/mol. The Labute approximate surface area is 183 Å². The molecule has 0 unspecified atom stereocenters. The van der Waals surface area contributed by atoms with Crippen LogP contribution in [0.25, 0.3) is 5.00 Å². The minimum atomic E-state index is 0.0242. The number of thioether (sulfide) groups is 2. The molecular weight excluding hydrogens is 418 g/mol. The van der Waals surface area contributed by atoms with E-state index < -0.39 is 0 Å². The van der Waals surface area contributed by atoms with E-state index in [1.807, 2.05) is 60.6 Å². The van der Waals surface area contributed by atoms with Crippen LogP contribution < -0.4 is 5.32 Å². The highest BCUT2D eigenvalue weighted by atomic mass is 32.2. The second-order valence-corrected chi connectivity index (χ2v) is 9.95. The maximum absolute atomic E-state index is 13.1. The molecule has 29 heavy (non-hydrogen) atoms. The highest BCUT2D eigenvalue weighted by Gasteiger charge is 2.26. The number of nitrogens with zero attached hydrogens (tertiary/aromatic N) is 2. The fourth-order valence-corrected chi connectivity index (χ4v) is 6.67. The van der Waals surface area contributed by atoms with Crippen LogP contribution in [0.1, 0.15) is 31.9 Å². The van der Waals surface area contributed by atoms with E-state index in [1.54, 1.807) is 23.1 Å². The summed E-state index contributed by atoms with van der Waals surface area (Å²) in [4.78, 5) is 14.4. The van der Waals surface area contributed by atoms with Crippen LogP contribution in [0.2, 0.25) is 0 Å². The lowest BCUT2D eigenvalue weighted by atomic mass is 10.1. The fourth-order valence-electron chi connectivity index (χ4n) is 3.37. The van der Waals surface area contributed by atoms with Crippen LogP contribution in [0.15, 0.2) is 48.8 Å². The number of benzene rings is 1. The van der Waals surface area contributed by atoms with E-state index >= 15 is 0 Å². The fraction of sp³-hybridized carbons (Fsp3) is 0.273. The molecule has 0 atom stereocenters. The molecule has 0 fully saturated rings. The molecule has 148 valence electrons. The van der Waals surface area contributed by atoms with Gasteiger partial charge >= 0.3 is 0 Å². The molecule has 3 aromatic rings. The van der Waals surface area contributed by atoms with Gasteiger partial charge in [-0.25, -0.2) is 0 Å². The predicted octanol–water partition coefficient (Wildman–Crippen LogP) is 4.86. The van der Waals surface area contributed by atoms with Gasteiger partial charge in [0.2, 0.25) is 0 Å². The highest BCUT2D eigenvalue weighted by Crippen LogP contribution is 2.38. The molecule has 1 aromatic carbocycles. The number of aromatic nitrogens is 1. The van der Waals surface area contributed by atoms with Gasteiger partial charge in [-0.05, 0) is 41.5 Å². The Morgan fingerprint density at radius 1 is 1.24 bits per heavy atom. The highest BCUT2D eigenvalue weighted by molar-refractivity contribution is 7.98. The van der Waals surface area contributed by atoms with E-state index in [2.05, 4.69) is 16.0 Å². The van der Waals surface area contributed by atoms with Crippen molar-refractivity contribution in [1.29, 1.82) is 5.26 Å². The van der Waals surface area contributed by atoms with Crippen molar-refractivity contribution in [2.45, 2.75) is 17.9 Å². The number of thiophene rings is 1. The summed E-state index contributed by atoms with van der Waals surface area (Å²) in [6, 6.07) is 13.9. The van der Waals surface area contributed by atoms with E-state index in [4.69, 9.17) is 0 Å². The van der Waals surface area contributed by atoms with E-state index in [9.17, 15) is 10.1 Å². The standard InChI is InChI=1S/C22H21N3OS3/c23-13-16-5-1-2-6-17(16)14-28-12-8-24-21(26)20-18-7-11-27-15-19(18)29-22(20)25-9-3-4-10-25/h1-6,9-10H,7-8,11-12,14-15H2,(H,24,26). The average Bonchev–Trinajstić information content (AvgIpc) is 3.41. The lowest BCUT2D eigenvalue weighted by Gasteiger charge is -2.13. The second-order valence-electron chi connectivity index (χ2n) is 6.65. The number of carbonyl (C=O) groups is 1. The Morgan fingerprint density at radius 3 is 2.90 bits per heavy atom. The zero-order chi connectivity index (χ0) is 20.1. The molecule has 0 saturated heterocycles. The first-order chi connectivity index (χ1) is 14.3. The molecular formula is C22H21N3OS3. The lowest BCUT2D eigenvalue weighted by Crippen LogP contribution is -2.27. The van der Waals surface area contributed by atoms with E-state index in [0.717, 1.165) is 51.1 Å². The third-order valence-corrected chi connectivity index (χ3v) is 8.22. The molecule has 1 N–H and O–H groups in total. The van der Waals surface area contributed by atoms with Gasteiger partial charge in [0.15, 0.2) is 0 Å². The van der Waals surface area contributed by atoms with Gasteiger partial charge in [-0.15, -0.1) is 11.3 Å². The Kier molecular flexibility index (Phi) is 6.65. The topological polar surface area (TPSA) is 57.8 Å². The van der Waals surface area contributed by atoms with E-state index in [-0.39, 0.29) is 5.91 Å². The normalized spacial score (nSPS) is 12.9. The average molecular weight is 440 g/mol. The molecule has 0 aliphatic carbocycles. The molecule has 0 radical (unpaired) electrons. The monoisotopic (exact) mass is 439 g/mol. The molecule has 2 aromatic heterocycles. The summed E-state index contributed by atoms with van der Waals surface area (Å²) in [5, 5.41) is 13.3. The Hall–Kier alpha value is -2.14. The van der Waals surface area contributed by atoms with Gasteiger partial charge in [0.1, 0.15) is 5.00 Å². The summed E-state index contributed by atoms with van der Waals surface area (Å²) < 4.78 is 2.05. The zero-order valence-corrected chi connectivity index (χ0v) is 18.3. The zero-order valence-electron chi connectivity index (χ0n) is 15.9. The molecule has 0 saturated carbocycles. The van der Waals surface area contributed by atoms with Crippen LogP contribution in [0.4, 0.5) is 0 Å². The van der Waals surface area contributed by atoms with Crippen molar-refractivity contribution in [3.63, 3.8) is 0 Å². The van der Waals surface area contributed by atoms with Gasteiger partial charge < -0.3 is 9.88 Å². The molecule has 0 bridgehead atoms. The van der Waals surface area contributed by atoms with Crippen molar-refractivity contribution in [2.24, 2.45) is 0 Å². The van der Waals surface area contributed by atoms with Gasteiger partial charge in [-0.3, -0.25) is 4.79 Å². The number of nitrogens with one attached hydrogen (secondary N) is 1. The van der Waals surface area contributed by atoms with Crippen LogP contribution in [0.3, 0.4) is 0 Å². The summed E-state index contributed by atoms with van der Waals surface area (Å²) in [7, 11) is 0. The first kappa shape index (κ1) is 20.1. The van der Waals surface area contributed by atoms with Gasteiger partial charge in [0.05, 0.1) is 17.2 Å². The number of fused-ring (bicyclic) bond motifs is 1. The van der Waals surface area contributed by atoms with Gasteiger partial charge in [-0.1, -0.05) is 18.2 Å². The number of amides is 1. The Balaban J connectivity index is 1.39. The molecule has 4 nitrogen and oxygen atoms in total. The van der Waals surface area contributed by atoms with Crippen molar-refractivity contribution in [2.75, 3.05) is 18.1 Å². The van der Waals surface area contributed by atoms with Crippen molar-refractivity contribution < 1.29 is 4.79 Å². The SMILES string of the molecule is N#Cc1ccccc1CSCCNC(=O)c1c(-n2cccc2)sc2c1CCSC2. The van der Waals surface area contributed by atoms with Crippen LogP contribution in [-0.2, 0) is 17.9 Å². The minimum Gasteiger partial charge on any atom is -0.351 e. The van der Waals surface area contributed by atoms with Crippen molar-refractivity contribution in [3.05, 3.63) is 75.9 Å². The summed E-state index contributed by atoms with van der Waals surface area (Å²) in [5.74, 6) is 3.68. The Morgan fingerprint density at radius 2 is 2.07 bits per heavy atom. The quantitative estimate of drug-likeness (QED) is 0.534. The number of nitriles is 1. The molecule has 7 heteroatoms. The van der Waals surface area contributed by atoms with Crippen LogP contribution in [0.5, 0.6) is 0 Å². The minimum absolute atomic E-state index is 0.0242. The summed E-state index contributed by atoms with van der Waals surface area (Å²) in [6.45, 7) is 0.614. The second kappa shape index (κ2) is 9.57.